The van der Waals surface area contributed by atoms with Gasteiger partial charge in [0, 0.05) is 42.5 Å². The minimum absolute atomic E-state index is 0.295. The highest BCUT2D eigenvalue weighted by Crippen LogP contribution is 2.23. The first kappa shape index (κ1) is 13.8. The van der Waals surface area contributed by atoms with Crippen molar-refractivity contribution < 1.29 is 4.74 Å². The van der Waals surface area contributed by atoms with E-state index in [4.69, 9.17) is 10.5 Å². The minimum Gasteiger partial charge on any atom is -0.376 e. The molecule has 1 fully saturated rings. The third-order valence-corrected chi connectivity index (χ3v) is 3.67. The Bertz CT molecular complexity index is 400. The van der Waals surface area contributed by atoms with E-state index in [1.165, 1.54) is 0 Å². The second kappa shape index (κ2) is 6.50. The molecule has 5 heteroatoms. The summed E-state index contributed by atoms with van der Waals surface area (Å²) in [6.07, 6.45) is 4.20. The lowest BCUT2D eigenvalue weighted by atomic mass is 10.2. The zero-order valence-electron chi connectivity index (χ0n) is 10.7. The zero-order chi connectivity index (χ0) is 13.0. The maximum absolute atomic E-state index is 5.81. The maximum Gasteiger partial charge on any atom is 0.133 e. The standard InChI is InChI=1S/C13H20BrN3O/c1-2-12-9-17(4-3-5-18-12)13-10(7-15)6-11(14)8-16-13/h6,8,12H,2-5,7,9,15H2,1H3. The van der Waals surface area contributed by atoms with Crippen molar-refractivity contribution in [1.82, 2.24) is 4.98 Å². The Kier molecular flexibility index (Phi) is 4.97. The Morgan fingerprint density at radius 2 is 2.44 bits per heavy atom. The maximum atomic E-state index is 5.81. The summed E-state index contributed by atoms with van der Waals surface area (Å²) in [5.41, 5.74) is 6.90. The number of halogens is 1. The number of hydrogen-bond acceptors (Lipinski definition) is 4. The molecule has 0 bridgehead atoms. The predicted octanol–water partition coefficient (Wildman–Crippen LogP) is 2.31. The number of hydrogen-bond donors (Lipinski definition) is 1. The van der Waals surface area contributed by atoms with Crippen LogP contribution in [0.15, 0.2) is 16.7 Å². The van der Waals surface area contributed by atoms with Gasteiger partial charge in [0.25, 0.3) is 0 Å². The molecular weight excluding hydrogens is 294 g/mol. The first-order valence-electron chi connectivity index (χ1n) is 6.45. The highest BCUT2D eigenvalue weighted by atomic mass is 79.9. The normalized spacial score (nSPS) is 20.8. The fourth-order valence-corrected chi connectivity index (χ4v) is 2.62. The topological polar surface area (TPSA) is 51.4 Å². The monoisotopic (exact) mass is 313 g/mol. The van der Waals surface area contributed by atoms with Gasteiger partial charge in [0.15, 0.2) is 0 Å². The molecule has 1 aliphatic heterocycles. The third-order valence-electron chi connectivity index (χ3n) is 3.23. The number of pyridine rings is 1. The number of ether oxygens (including phenoxy) is 1. The Hall–Kier alpha value is -0.650. The molecule has 1 saturated heterocycles. The van der Waals surface area contributed by atoms with Gasteiger partial charge in [-0.15, -0.1) is 0 Å². The average Bonchev–Trinajstić information content (AvgIpc) is 2.63. The first-order chi connectivity index (χ1) is 8.74. The molecule has 1 aliphatic rings. The molecule has 2 heterocycles. The van der Waals surface area contributed by atoms with Crippen molar-refractivity contribution >= 4 is 21.7 Å². The summed E-state index contributed by atoms with van der Waals surface area (Å²) in [5, 5.41) is 0. The largest absolute Gasteiger partial charge is 0.376 e. The molecule has 2 N–H and O–H groups in total. The summed E-state index contributed by atoms with van der Waals surface area (Å²) >= 11 is 3.44. The van der Waals surface area contributed by atoms with Gasteiger partial charge in [-0.1, -0.05) is 6.92 Å². The summed E-state index contributed by atoms with van der Waals surface area (Å²) in [7, 11) is 0. The summed E-state index contributed by atoms with van der Waals surface area (Å²) in [6, 6.07) is 2.05. The van der Waals surface area contributed by atoms with Crippen LogP contribution in [-0.4, -0.2) is 30.8 Å². The molecule has 0 saturated carbocycles. The number of nitrogens with two attached hydrogens (primary N) is 1. The summed E-state index contributed by atoms with van der Waals surface area (Å²) in [6.45, 7) is 5.39. The van der Waals surface area contributed by atoms with Gasteiger partial charge in [0.1, 0.15) is 5.82 Å². The van der Waals surface area contributed by atoms with E-state index < -0.39 is 0 Å². The molecule has 1 unspecified atom stereocenters. The van der Waals surface area contributed by atoms with Gasteiger partial charge in [-0.05, 0) is 34.8 Å². The summed E-state index contributed by atoms with van der Waals surface area (Å²) in [5.74, 6) is 1.00. The molecule has 1 aromatic rings. The second-order valence-corrected chi connectivity index (χ2v) is 5.46. The van der Waals surface area contributed by atoms with Crippen LogP contribution in [0.25, 0.3) is 0 Å². The molecule has 2 rings (SSSR count). The molecule has 0 radical (unpaired) electrons. The fraction of sp³-hybridized carbons (Fsp3) is 0.615. The van der Waals surface area contributed by atoms with Crippen LogP contribution in [0.3, 0.4) is 0 Å². The van der Waals surface area contributed by atoms with Crippen LogP contribution >= 0.6 is 15.9 Å². The molecule has 0 aromatic carbocycles. The molecule has 0 aliphatic carbocycles. The number of anilines is 1. The van der Waals surface area contributed by atoms with Crippen molar-refractivity contribution in [3.8, 4) is 0 Å². The molecular formula is C13H20BrN3O. The van der Waals surface area contributed by atoms with Crippen molar-refractivity contribution in [1.29, 1.82) is 0 Å². The lowest BCUT2D eigenvalue weighted by Gasteiger charge is -2.26. The van der Waals surface area contributed by atoms with Gasteiger partial charge in [-0.2, -0.15) is 0 Å². The van der Waals surface area contributed by atoms with Gasteiger partial charge >= 0.3 is 0 Å². The van der Waals surface area contributed by atoms with Crippen LogP contribution in [0, 0.1) is 0 Å². The van der Waals surface area contributed by atoms with Crippen molar-refractivity contribution in [3.63, 3.8) is 0 Å². The van der Waals surface area contributed by atoms with Crippen molar-refractivity contribution in [2.45, 2.75) is 32.4 Å². The second-order valence-electron chi connectivity index (χ2n) is 4.54. The van der Waals surface area contributed by atoms with Gasteiger partial charge in [0.2, 0.25) is 0 Å². The molecule has 1 atom stereocenters. The molecule has 4 nitrogen and oxygen atoms in total. The van der Waals surface area contributed by atoms with Gasteiger partial charge < -0.3 is 15.4 Å². The molecule has 1 aromatic heterocycles. The summed E-state index contributed by atoms with van der Waals surface area (Å²) in [4.78, 5) is 6.83. The zero-order valence-corrected chi connectivity index (χ0v) is 12.3. The van der Waals surface area contributed by atoms with Crippen LogP contribution in [0.1, 0.15) is 25.3 Å². The molecule has 0 amide bonds. The Morgan fingerprint density at radius 3 is 3.17 bits per heavy atom. The van der Waals surface area contributed by atoms with E-state index in [0.29, 0.717) is 12.6 Å². The van der Waals surface area contributed by atoms with Crippen LogP contribution in [0.2, 0.25) is 0 Å². The van der Waals surface area contributed by atoms with E-state index in [-0.39, 0.29) is 0 Å². The van der Waals surface area contributed by atoms with E-state index >= 15 is 0 Å². The highest BCUT2D eigenvalue weighted by molar-refractivity contribution is 9.10. The van der Waals surface area contributed by atoms with Crippen LogP contribution < -0.4 is 10.6 Å². The Balaban J connectivity index is 2.23. The molecule has 100 valence electrons. The number of nitrogens with zero attached hydrogens (tertiary/aromatic N) is 2. The lowest BCUT2D eigenvalue weighted by Crippen LogP contribution is -2.33. The first-order valence-corrected chi connectivity index (χ1v) is 7.25. The smallest absolute Gasteiger partial charge is 0.133 e. The van der Waals surface area contributed by atoms with Crippen LogP contribution in [-0.2, 0) is 11.3 Å². The van der Waals surface area contributed by atoms with Crippen LogP contribution in [0.5, 0.6) is 0 Å². The van der Waals surface area contributed by atoms with E-state index in [1.807, 2.05) is 6.20 Å². The lowest BCUT2D eigenvalue weighted by molar-refractivity contribution is 0.0664. The van der Waals surface area contributed by atoms with Crippen LogP contribution in [0.4, 0.5) is 5.82 Å². The molecule has 18 heavy (non-hydrogen) atoms. The Morgan fingerprint density at radius 1 is 1.61 bits per heavy atom. The van der Waals surface area contributed by atoms with E-state index in [0.717, 1.165) is 48.4 Å². The van der Waals surface area contributed by atoms with Crippen molar-refractivity contribution in [3.05, 3.63) is 22.3 Å². The predicted molar refractivity (Wildman–Crippen MR) is 76.7 cm³/mol. The van der Waals surface area contributed by atoms with Gasteiger partial charge in [-0.25, -0.2) is 4.98 Å². The molecule has 0 spiro atoms. The van der Waals surface area contributed by atoms with Crippen molar-refractivity contribution in [2.75, 3.05) is 24.6 Å². The highest BCUT2D eigenvalue weighted by Gasteiger charge is 2.20. The van der Waals surface area contributed by atoms with Crippen molar-refractivity contribution in [2.24, 2.45) is 5.73 Å². The van der Waals surface area contributed by atoms with Gasteiger partial charge in [-0.3, -0.25) is 0 Å². The SMILES string of the molecule is CCC1CN(c2ncc(Br)cc2CN)CCCO1. The Labute approximate surface area is 117 Å². The number of aromatic nitrogens is 1. The van der Waals surface area contributed by atoms with E-state index in [1.54, 1.807) is 0 Å². The fourth-order valence-electron chi connectivity index (χ4n) is 2.24. The minimum atomic E-state index is 0.295. The van der Waals surface area contributed by atoms with E-state index in [9.17, 15) is 0 Å². The van der Waals surface area contributed by atoms with E-state index in [2.05, 4.69) is 38.8 Å². The quantitative estimate of drug-likeness (QED) is 0.930. The number of rotatable bonds is 3. The van der Waals surface area contributed by atoms with Gasteiger partial charge in [0.05, 0.1) is 6.10 Å². The average molecular weight is 314 g/mol. The third kappa shape index (κ3) is 3.22. The summed E-state index contributed by atoms with van der Waals surface area (Å²) < 4.78 is 6.77.